The third kappa shape index (κ3) is 6.74. The number of halogens is 1. The van der Waals surface area contributed by atoms with Gasteiger partial charge in [-0.1, -0.05) is 19.8 Å². The summed E-state index contributed by atoms with van der Waals surface area (Å²) in [5.41, 5.74) is 0.497. The van der Waals surface area contributed by atoms with Gasteiger partial charge in [0, 0.05) is 33.3 Å². The lowest BCUT2D eigenvalue weighted by Crippen LogP contribution is -2.49. The molecule has 1 unspecified atom stereocenters. The molecule has 0 amide bonds. The number of hydrogen-bond acceptors (Lipinski definition) is 3. The van der Waals surface area contributed by atoms with Crippen LogP contribution in [0.15, 0.2) is 4.99 Å². The number of piperidine rings is 1. The minimum Gasteiger partial charge on any atom is -0.376 e. The zero-order valence-corrected chi connectivity index (χ0v) is 19.7. The molecule has 0 aromatic rings. The lowest BCUT2D eigenvalue weighted by molar-refractivity contribution is -0.0721. The van der Waals surface area contributed by atoms with E-state index in [0.717, 1.165) is 58.1 Å². The number of nitrogens with one attached hydrogen (secondary N) is 1. The zero-order chi connectivity index (χ0) is 18.2. The first-order valence-electron chi connectivity index (χ1n) is 10.9. The summed E-state index contributed by atoms with van der Waals surface area (Å²) in [6.45, 7) is 7.18. The molecule has 0 aromatic heterocycles. The fraction of sp³-hybridized carbons (Fsp3) is 0.952. The minimum atomic E-state index is 0. The van der Waals surface area contributed by atoms with Crippen LogP contribution in [0, 0.1) is 5.41 Å². The van der Waals surface area contributed by atoms with Gasteiger partial charge in [-0.25, -0.2) is 0 Å². The van der Waals surface area contributed by atoms with E-state index in [4.69, 9.17) is 9.47 Å². The minimum absolute atomic E-state index is 0. The van der Waals surface area contributed by atoms with Gasteiger partial charge in [0.05, 0.1) is 18.8 Å². The van der Waals surface area contributed by atoms with Crippen molar-refractivity contribution in [1.29, 1.82) is 0 Å². The summed E-state index contributed by atoms with van der Waals surface area (Å²) >= 11 is 0. The second kappa shape index (κ2) is 11.8. The van der Waals surface area contributed by atoms with Crippen molar-refractivity contribution in [2.75, 3.05) is 39.9 Å². The molecule has 1 N–H and O–H groups in total. The standard InChI is InChI=1S/C21H39N3O2.HI/c1-3-21(11-5-6-12-21)17-23-20(22-2)24-13-9-18(10-14-24)26-16-19-8-4-7-15-25-19;/h18-19H,3-17H2,1-2H3,(H,22,23);1H. The fourth-order valence-corrected chi connectivity index (χ4v) is 4.80. The maximum absolute atomic E-state index is 6.15. The van der Waals surface area contributed by atoms with Gasteiger partial charge < -0.3 is 19.7 Å². The van der Waals surface area contributed by atoms with Gasteiger partial charge in [0.2, 0.25) is 0 Å². The second-order valence-corrected chi connectivity index (χ2v) is 8.47. The summed E-state index contributed by atoms with van der Waals surface area (Å²) in [5.74, 6) is 1.08. The summed E-state index contributed by atoms with van der Waals surface area (Å²) in [7, 11) is 1.92. The van der Waals surface area contributed by atoms with E-state index in [1.165, 1.54) is 44.9 Å². The normalized spacial score (nSPS) is 26.7. The molecule has 1 aliphatic carbocycles. The lowest BCUT2D eigenvalue weighted by atomic mass is 9.83. The van der Waals surface area contributed by atoms with Crippen molar-refractivity contribution in [2.45, 2.75) is 83.3 Å². The summed E-state index contributed by atoms with van der Waals surface area (Å²) in [6.07, 6.45) is 13.3. The van der Waals surface area contributed by atoms with Crippen LogP contribution in [0.3, 0.4) is 0 Å². The van der Waals surface area contributed by atoms with E-state index in [2.05, 4.69) is 22.1 Å². The number of ether oxygens (including phenoxy) is 2. The van der Waals surface area contributed by atoms with Crippen molar-refractivity contribution in [1.82, 2.24) is 10.2 Å². The summed E-state index contributed by atoms with van der Waals surface area (Å²) in [5, 5.41) is 3.69. The number of guanidine groups is 1. The van der Waals surface area contributed by atoms with Crippen LogP contribution in [-0.4, -0.2) is 63.0 Å². The van der Waals surface area contributed by atoms with Crippen molar-refractivity contribution in [2.24, 2.45) is 10.4 Å². The molecule has 2 heterocycles. The van der Waals surface area contributed by atoms with Crippen LogP contribution >= 0.6 is 24.0 Å². The Kier molecular flexibility index (Phi) is 10.1. The van der Waals surface area contributed by atoms with Crippen molar-refractivity contribution in [3.8, 4) is 0 Å². The largest absolute Gasteiger partial charge is 0.376 e. The number of likely N-dealkylation sites (tertiary alicyclic amines) is 1. The van der Waals surface area contributed by atoms with E-state index in [-0.39, 0.29) is 24.0 Å². The number of aliphatic imine (C=N–C) groups is 1. The van der Waals surface area contributed by atoms with Crippen LogP contribution in [0.1, 0.15) is 71.1 Å². The Morgan fingerprint density at radius 1 is 1.15 bits per heavy atom. The van der Waals surface area contributed by atoms with E-state index in [9.17, 15) is 0 Å². The smallest absolute Gasteiger partial charge is 0.193 e. The van der Waals surface area contributed by atoms with Crippen molar-refractivity contribution >= 4 is 29.9 Å². The highest BCUT2D eigenvalue weighted by Crippen LogP contribution is 2.40. The highest BCUT2D eigenvalue weighted by Gasteiger charge is 2.32. The molecule has 6 heteroatoms. The Bertz CT molecular complexity index is 441. The summed E-state index contributed by atoms with van der Waals surface area (Å²) < 4.78 is 11.9. The lowest BCUT2D eigenvalue weighted by Gasteiger charge is -2.36. The molecule has 3 fully saturated rings. The van der Waals surface area contributed by atoms with Crippen LogP contribution in [0.2, 0.25) is 0 Å². The SMILES string of the molecule is CCC1(CNC(=NC)N2CCC(OCC3CCCCO3)CC2)CCCC1.I. The van der Waals surface area contributed by atoms with E-state index in [0.29, 0.717) is 17.6 Å². The molecule has 2 saturated heterocycles. The molecular formula is C21H40IN3O2. The third-order valence-corrected chi connectivity index (χ3v) is 6.78. The zero-order valence-electron chi connectivity index (χ0n) is 17.4. The third-order valence-electron chi connectivity index (χ3n) is 6.78. The number of nitrogens with zero attached hydrogens (tertiary/aromatic N) is 2. The molecular weight excluding hydrogens is 453 g/mol. The highest BCUT2D eigenvalue weighted by molar-refractivity contribution is 14.0. The van der Waals surface area contributed by atoms with Crippen molar-refractivity contribution in [3.63, 3.8) is 0 Å². The second-order valence-electron chi connectivity index (χ2n) is 8.47. The van der Waals surface area contributed by atoms with Gasteiger partial charge in [0.15, 0.2) is 5.96 Å². The number of rotatable bonds is 6. The molecule has 0 aromatic carbocycles. The van der Waals surface area contributed by atoms with Crippen molar-refractivity contribution in [3.05, 3.63) is 0 Å². The van der Waals surface area contributed by atoms with Gasteiger partial charge in [-0.2, -0.15) is 0 Å². The average Bonchev–Trinajstić information content (AvgIpc) is 3.18. The molecule has 0 radical (unpaired) electrons. The fourth-order valence-electron chi connectivity index (χ4n) is 4.80. The van der Waals surface area contributed by atoms with Crippen LogP contribution in [0.4, 0.5) is 0 Å². The molecule has 1 atom stereocenters. The Morgan fingerprint density at radius 3 is 2.48 bits per heavy atom. The molecule has 1 saturated carbocycles. The van der Waals surface area contributed by atoms with Crippen LogP contribution in [-0.2, 0) is 9.47 Å². The number of hydrogen-bond donors (Lipinski definition) is 1. The van der Waals surface area contributed by atoms with Crippen LogP contribution < -0.4 is 5.32 Å². The van der Waals surface area contributed by atoms with Gasteiger partial charge in [-0.15, -0.1) is 24.0 Å². The molecule has 3 rings (SSSR count). The average molecular weight is 493 g/mol. The van der Waals surface area contributed by atoms with Crippen LogP contribution in [0.25, 0.3) is 0 Å². The monoisotopic (exact) mass is 493 g/mol. The Morgan fingerprint density at radius 2 is 1.89 bits per heavy atom. The predicted molar refractivity (Wildman–Crippen MR) is 122 cm³/mol. The summed E-state index contributed by atoms with van der Waals surface area (Å²) in [6, 6.07) is 0. The van der Waals surface area contributed by atoms with E-state index >= 15 is 0 Å². The maximum atomic E-state index is 6.15. The van der Waals surface area contributed by atoms with Crippen LogP contribution in [0.5, 0.6) is 0 Å². The molecule has 0 spiro atoms. The van der Waals surface area contributed by atoms with Gasteiger partial charge >= 0.3 is 0 Å². The first-order valence-corrected chi connectivity index (χ1v) is 10.9. The molecule has 3 aliphatic rings. The summed E-state index contributed by atoms with van der Waals surface area (Å²) in [4.78, 5) is 6.97. The molecule has 0 bridgehead atoms. The first kappa shape index (κ1) is 23.2. The van der Waals surface area contributed by atoms with E-state index in [1.54, 1.807) is 0 Å². The maximum Gasteiger partial charge on any atom is 0.193 e. The van der Waals surface area contributed by atoms with Gasteiger partial charge in [0.1, 0.15) is 0 Å². The Balaban J connectivity index is 0.00000261. The topological polar surface area (TPSA) is 46.1 Å². The van der Waals surface area contributed by atoms with E-state index in [1.807, 2.05) is 7.05 Å². The van der Waals surface area contributed by atoms with Gasteiger partial charge in [-0.05, 0) is 56.8 Å². The quantitative estimate of drug-likeness (QED) is 0.342. The predicted octanol–water partition coefficient (Wildman–Crippen LogP) is 4.20. The first-order chi connectivity index (χ1) is 12.7. The highest BCUT2D eigenvalue weighted by atomic mass is 127. The molecule has 2 aliphatic heterocycles. The molecule has 5 nitrogen and oxygen atoms in total. The Hall–Kier alpha value is -0.0800. The van der Waals surface area contributed by atoms with E-state index < -0.39 is 0 Å². The molecule has 27 heavy (non-hydrogen) atoms. The molecule has 158 valence electrons. The van der Waals surface area contributed by atoms with Crippen molar-refractivity contribution < 1.29 is 9.47 Å². The van der Waals surface area contributed by atoms with Gasteiger partial charge in [0.25, 0.3) is 0 Å². The van der Waals surface area contributed by atoms with Gasteiger partial charge in [-0.3, -0.25) is 4.99 Å². The Labute approximate surface area is 183 Å².